The van der Waals surface area contributed by atoms with Gasteiger partial charge in [0, 0.05) is 25.4 Å². The van der Waals surface area contributed by atoms with E-state index in [0.717, 1.165) is 27.8 Å². The Balaban J connectivity index is 2.36. The highest BCUT2D eigenvalue weighted by Crippen LogP contribution is 2.26. The Bertz CT molecular complexity index is 750. The molecule has 1 aromatic carbocycles. The van der Waals surface area contributed by atoms with Crippen LogP contribution in [0.2, 0.25) is 0 Å². The second-order valence-electron chi connectivity index (χ2n) is 5.44. The van der Waals surface area contributed by atoms with E-state index >= 15 is 0 Å². The average molecular weight is 307 g/mol. The summed E-state index contributed by atoms with van der Waals surface area (Å²) in [7, 11) is -1.74. The van der Waals surface area contributed by atoms with E-state index in [1.165, 1.54) is 0 Å². The van der Waals surface area contributed by atoms with Crippen LogP contribution in [0.15, 0.2) is 23.4 Å². The molecule has 21 heavy (non-hydrogen) atoms. The van der Waals surface area contributed by atoms with Crippen molar-refractivity contribution in [1.82, 2.24) is 14.5 Å². The van der Waals surface area contributed by atoms with Gasteiger partial charge in [0.25, 0.3) is 0 Å². The third kappa shape index (κ3) is 3.16. The van der Waals surface area contributed by atoms with Crippen LogP contribution >= 0.6 is 0 Å². The SMILES string of the molecule is Cc1cc(C)c(C)c(S(=O)(=O)NCc2cnn(C)c2)c1C. The number of aromatic nitrogens is 2. The van der Waals surface area contributed by atoms with E-state index in [1.807, 2.05) is 33.8 Å². The molecule has 0 unspecified atom stereocenters. The number of hydrogen-bond donors (Lipinski definition) is 1. The van der Waals surface area contributed by atoms with Crippen LogP contribution in [0.1, 0.15) is 27.8 Å². The van der Waals surface area contributed by atoms with Gasteiger partial charge in [-0.1, -0.05) is 6.07 Å². The summed E-state index contributed by atoms with van der Waals surface area (Å²) in [4.78, 5) is 0.392. The van der Waals surface area contributed by atoms with Gasteiger partial charge < -0.3 is 0 Å². The highest BCUT2D eigenvalue weighted by atomic mass is 32.2. The fraction of sp³-hybridized carbons (Fsp3) is 0.400. The summed E-state index contributed by atoms with van der Waals surface area (Å²) in [6, 6.07) is 2.02. The Hall–Kier alpha value is -1.66. The fourth-order valence-electron chi connectivity index (χ4n) is 2.40. The van der Waals surface area contributed by atoms with Crippen molar-refractivity contribution >= 4 is 10.0 Å². The van der Waals surface area contributed by atoms with E-state index in [0.29, 0.717) is 4.90 Å². The maximum absolute atomic E-state index is 12.6. The number of benzene rings is 1. The molecule has 1 aromatic heterocycles. The predicted molar refractivity (Wildman–Crippen MR) is 82.6 cm³/mol. The lowest BCUT2D eigenvalue weighted by atomic mass is 10.0. The van der Waals surface area contributed by atoms with Crippen LogP contribution in [0.25, 0.3) is 0 Å². The largest absolute Gasteiger partial charge is 0.275 e. The van der Waals surface area contributed by atoms with E-state index in [2.05, 4.69) is 9.82 Å². The van der Waals surface area contributed by atoms with E-state index in [1.54, 1.807) is 24.1 Å². The molecule has 114 valence electrons. The first-order valence-electron chi connectivity index (χ1n) is 6.77. The third-order valence-electron chi connectivity index (χ3n) is 3.79. The molecule has 0 bridgehead atoms. The van der Waals surface area contributed by atoms with Gasteiger partial charge in [0.15, 0.2) is 0 Å². The van der Waals surface area contributed by atoms with Crippen molar-refractivity contribution in [2.45, 2.75) is 39.1 Å². The van der Waals surface area contributed by atoms with Gasteiger partial charge in [-0.2, -0.15) is 5.10 Å². The first-order valence-corrected chi connectivity index (χ1v) is 8.25. The fourth-order valence-corrected chi connectivity index (χ4v) is 4.03. The molecule has 0 spiro atoms. The standard InChI is InChI=1S/C15H21N3O2S/c1-10-6-11(2)13(4)15(12(10)3)21(19,20)17-8-14-7-16-18(5)9-14/h6-7,9,17H,8H2,1-5H3. The first kappa shape index (κ1) is 15.7. The van der Waals surface area contributed by atoms with Gasteiger partial charge in [0.1, 0.15) is 0 Å². The lowest BCUT2D eigenvalue weighted by Crippen LogP contribution is -2.25. The summed E-state index contributed by atoms with van der Waals surface area (Å²) in [5, 5.41) is 4.04. The topological polar surface area (TPSA) is 64.0 Å². The maximum Gasteiger partial charge on any atom is 0.241 e. The minimum Gasteiger partial charge on any atom is -0.275 e. The van der Waals surface area contributed by atoms with Crippen molar-refractivity contribution in [3.63, 3.8) is 0 Å². The first-order chi connectivity index (χ1) is 9.72. The van der Waals surface area contributed by atoms with Crippen molar-refractivity contribution in [2.75, 3.05) is 0 Å². The van der Waals surface area contributed by atoms with Gasteiger partial charge in [-0.05, 0) is 49.9 Å². The molecule has 0 amide bonds. The number of hydrogen-bond acceptors (Lipinski definition) is 3. The van der Waals surface area contributed by atoms with Crippen LogP contribution in [0, 0.1) is 27.7 Å². The zero-order valence-corrected chi connectivity index (χ0v) is 13.9. The lowest BCUT2D eigenvalue weighted by molar-refractivity contribution is 0.579. The summed E-state index contributed by atoms with van der Waals surface area (Å²) in [6.07, 6.45) is 3.45. The van der Waals surface area contributed by atoms with Gasteiger partial charge in [-0.15, -0.1) is 0 Å². The molecule has 0 atom stereocenters. The van der Waals surface area contributed by atoms with E-state index in [-0.39, 0.29) is 6.54 Å². The van der Waals surface area contributed by atoms with Gasteiger partial charge in [-0.25, -0.2) is 13.1 Å². The quantitative estimate of drug-likeness (QED) is 0.941. The zero-order chi connectivity index (χ0) is 15.8. The third-order valence-corrected chi connectivity index (χ3v) is 5.46. The molecule has 1 N–H and O–H groups in total. The Morgan fingerprint density at radius 2 is 1.71 bits per heavy atom. The lowest BCUT2D eigenvalue weighted by Gasteiger charge is -2.16. The van der Waals surface area contributed by atoms with Gasteiger partial charge in [0.05, 0.1) is 11.1 Å². The molecule has 0 saturated heterocycles. The Morgan fingerprint density at radius 3 is 2.19 bits per heavy atom. The molecule has 0 saturated carbocycles. The second-order valence-corrected chi connectivity index (χ2v) is 7.14. The summed E-state index contributed by atoms with van der Waals surface area (Å²) in [5.41, 5.74) is 4.41. The number of nitrogens with zero attached hydrogens (tertiary/aromatic N) is 2. The molecule has 6 heteroatoms. The number of nitrogens with one attached hydrogen (secondary N) is 1. The molecular weight excluding hydrogens is 286 g/mol. The minimum atomic E-state index is -3.54. The summed E-state index contributed by atoms with van der Waals surface area (Å²) in [5.74, 6) is 0. The Morgan fingerprint density at radius 1 is 1.14 bits per heavy atom. The highest BCUT2D eigenvalue weighted by Gasteiger charge is 2.21. The van der Waals surface area contributed by atoms with Gasteiger partial charge >= 0.3 is 0 Å². The van der Waals surface area contributed by atoms with Crippen molar-refractivity contribution in [2.24, 2.45) is 7.05 Å². The van der Waals surface area contributed by atoms with Crippen LogP contribution in [-0.2, 0) is 23.6 Å². The maximum atomic E-state index is 12.6. The van der Waals surface area contributed by atoms with Crippen molar-refractivity contribution < 1.29 is 8.42 Å². The van der Waals surface area contributed by atoms with E-state index in [4.69, 9.17) is 0 Å². The Kier molecular flexibility index (Phi) is 4.20. The van der Waals surface area contributed by atoms with E-state index in [9.17, 15) is 8.42 Å². The van der Waals surface area contributed by atoms with Gasteiger partial charge in [0.2, 0.25) is 10.0 Å². The Labute approximate surface area is 126 Å². The van der Waals surface area contributed by atoms with Gasteiger partial charge in [-0.3, -0.25) is 4.68 Å². The summed E-state index contributed by atoms with van der Waals surface area (Å²) in [6.45, 7) is 7.80. The minimum absolute atomic E-state index is 0.238. The van der Waals surface area contributed by atoms with Crippen LogP contribution < -0.4 is 4.72 Å². The van der Waals surface area contributed by atoms with Crippen LogP contribution in [0.5, 0.6) is 0 Å². The monoisotopic (exact) mass is 307 g/mol. The molecule has 1 heterocycles. The van der Waals surface area contributed by atoms with Crippen molar-refractivity contribution in [3.8, 4) is 0 Å². The van der Waals surface area contributed by atoms with Crippen molar-refractivity contribution in [3.05, 3.63) is 46.3 Å². The molecule has 0 aliphatic carbocycles. The highest BCUT2D eigenvalue weighted by molar-refractivity contribution is 7.89. The van der Waals surface area contributed by atoms with Crippen LogP contribution in [-0.4, -0.2) is 18.2 Å². The number of aryl methyl sites for hydroxylation is 3. The molecule has 0 fully saturated rings. The normalized spacial score (nSPS) is 11.9. The molecule has 0 radical (unpaired) electrons. The molecule has 2 aromatic rings. The molecular formula is C15H21N3O2S. The number of rotatable bonds is 4. The van der Waals surface area contributed by atoms with Crippen LogP contribution in [0.4, 0.5) is 0 Å². The number of sulfonamides is 1. The molecule has 0 aliphatic rings. The summed E-state index contributed by atoms with van der Waals surface area (Å²) >= 11 is 0. The van der Waals surface area contributed by atoms with Crippen LogP contribution in [0.3, 0.4) is 0 Å². The summed E-state index contributed by atoms with van der Waals surface area (Å²) < 4.78 is 29.5. The average Bonchev–Trinajstić information content (AvgIpc) is 2.80. The predicted octanol–water partition coefficient (Wildman–Crippen LogP) is 2.13. The molecule has 5 nitrogen and oxygen atoms in total. The van der Waals surface area contributed by atoms with Crippen molar-refractivity contribution in [1.29, 1.82) is 0 Å². The smallest absolute Gasteiger partial charge is 0.241 e. The second kappa shape index (κ2) is 5.61. The molecule has 0 aliphatic heterocycles. The molecule has 2 rings (SSSR count). The van der Waals surface area contributed by atoms with E-state index < -0.39 is 10.0 Å². The zero-order valence-electron chi connectivity index (χ0n) is 13.1.